The van der Waals surface area contributed by atoms with Crippen LogP contribution in [0.1, 0.15) is 18.0 Å². The van der Waals surface area contributed by atoms with Gasteiger partial charge >= 0.3 is 0 Å². The fraction of sp³-hybridized carbons (Fsp3) is 0.200. The molecule has 1 aliphatic heterocycles. The van der Waals surface area contributed by atoms with Crippen LogP contribution in [0.2, 0.25) is 5.02 Å². The number of anilines is 1. The van der Waals surface area contributed by atoms with Gasteiger partial charge in [0.25, 0.3) is 0 Å². The summed E-state index contributed by atoms with van der Waals surface area (Å²) in [6.07, 6.45) is 0.854. The van der Waals surface area contributed by atoms with Gasteiger partial charge in [-0.1, -0.05) is 11.6 Å². The van der Waals surface area contributed by atoms with E-state index in [0.29, 0.717) is 5.02 Å². The molecule has 0 fully saturated rings. The molecule has 1 nitrogen and oxygen atoms in total. The smallest absolute Gasteiger partial charge is 0.149 e. The average Bonchev–Trinajstić information content (AvgIpc) is 2.45. The van der Waals surface area contributed by atoms with Gasteiger partial charge in [0.1, 0.15) is 11.6 Å². The van der Waals surface area contributed by atoms with E-state index in [1.807, 2.05) is 18.2 Å². The van der Waals surface area contributed by atoms with Crippen molar-refractivity contribution in [1.29, 1.82) is 0 Å². The van der Waals surface area contributed by atoms with Gasteiger partial charge in [-0.25, -0.2) is 8.78 Å². The van der Waals surface area contributed by atoms with Crippen LogP contribution in [-0.2, 0) is 0 Å². The fourth-order valence-corrected chi connectivity index (χ4v) is 3.97. The van der Waals surface area contributed by atoms with E-state index in [9.17, 15) is 8.78 Å². The lowest BCUT2D eigenvalue weighted by Crippen LogP contribution is -2.17. The number of fused-ring (bicyclic) bond motifs is 1. The second kappa shape index (κ2) is 6.15. The molecule has 0 saturated carbocycles. The third kappa shape index (κ3) is 3.20. The highest BCUT2D eigenvalue weighted by Gasteiger charge is 2.22. The van der Waals surface area contributed by atoms with Crippen LogP contribution in [0.4, 0.5) is 14.5 Å². The summed E-state index contributed by atoms with van der Waals surface area (Å²) in [5.74, 6) is -0.269. The predicted molar refractivity (Wildman–Crippen MR) is 87.2 cm³/mol. The van der Waals surface area contributed by atoms with Gasteiger partial charge < -0.3 is 5.32 Å². The number of hydrogen-bond donors (Lipinski definition) is 1. The molecule has 21 heavy (non-hydrogen) atoms. The van der Waals surface area contributed by atoms with Gasteiger partial charge in [-0.3, -0.25) is 0 Å². The Hall–Kier alpha value is -0.780. The minimum atomic E-state index is -0.610. The molecular formula is C15H11BrClF2NS. The standard InChI is InChI=1S/C15H11BrClF2NS/c16-10-6-14(12(19)7-11(10)18)20-13-3-4-21-15-2-1-8(17)5-9(13)15/h1-2,5-7,13,20H,3-4H2. The van der Waals surface area contributed by atoms with E-state index < -0.39 is 11.6 Å². The summed E-state index contributed by atoms with van der Waals surface area (Å²) >= 11 is 10.9. The highest BCUT2D eigenvalue weighted by Crippen LogP contribution is 2.39. The minimum Gasteiger partial charge on any atom is -0.376 e. The first kappa shape index (κ1) is 15.1. The predicted octanol–water partition coefficient (Wildman–Crippen LogP) is 6.03. The summed E-state index contributed by atoms with van der Waals surface area (Å²) < 4.78 is 27.4. The molecule has 0 aromatic heterocycles. The molecule has 1 unspecified atom stereocenters. The van der Waals surface area contributed by atoms with E-state index in [-0.39, 0.29) is 16.2 Å². The molecule has 110 valence electrons. The van der Waals surface area contributed by atoms with Crippen molar-refractivity contribution in [1.82, 2.24) is 0 Å². The lowest BCUT2D eigenvalue weighted by molar-refractivity contribution is 0.578. The van der Waals surface area contributed by atoms with Crippen molar-refractivity contribution in [2.75, 3.05) is 11.1 Å². The molecule has 1 aliphatic rings. The lowest BCUT2D eigenvalue weighted by atomic mass is 10.0. The molecular weight excluding hydrogens is 380 g/mol. The van der Waals surface area contributed by atoms with Crippen LogP contribution in [0.25, 0.3) is 0 Å². The Morgan fingerprint density at radius 1 is 1.19 bits per heavy atom. The Morgan fingerprint density at radius 2 is 2.00 bits per heavy atom. The quantitative estimate of drug-likeness (QED) is 0.628. The molecule has 0 radical (unpaired) electrons. The maximum atomic E-state index is 13.9. The molecule has 0 spiro atoms. The van der Waals surface area contributed by atoms with Gasteiger partial charge in [0.15, 0.2) is 0 Å². The number of nitrogens with one attached hydrogen (secondary N) is 1. The van der Waals surface area contributed by atoms with Crippen LogP contribution in [0.15, 0.2) is 39.7 Å². The Balaban J connectivity index is 1.93. The molecule has 1 N–H and O–H groups in total. The summed E-state index contributed by atoms with van der Waals surface area (Å²) in [6, 6.07) is 8.00. The maximum absolute atomic E-state index is 13.9. The summed E-state index contributed by atoms with van der Waals surface area (Å²) in [5.41, 5.74) is 1.34. The van der Waals surface area contributed by atoms with E-state index in [4.69, 9.17) is 11.6 Å². The average molecular weight is 391 g/mol. The SMILES string of the molecule is Fc1cc(F)c(NC2CCSc3ccc(Cl)cc32)cc1Br. The van der Waals surface area contributed by atoms with Gasteiger partial charge in [-0.15, -0.1) is 11.8 Å². The number of rotatable bonds is 2. The zero-order chi connectivity index (χ0) is 15.0. The number of hydrogen-bond acceptors (Lipinski definition) is 2. The first-order valence-electron chi connectivity index (χ1n) is 6.38. The molecule has 0 amide bonds. The zero-order valence-corrected chi connectivity index (χ0v) is 14.0. The summed E-state index contributed by atoms with van der Waals surface area (Å²) in [7, 11) is 0. The Labute approximate surface area is 139 Å². The van der Waals surface area contributed by atoms with Gasteiger partial charge in [0, 0.05) is 21.7 Å². The summed E-state index contributed by atoms with van der Waals surface area (Å²) in [6.45, 7) is 0. The molecule has 0 saturated heterocycles. The zero-order valence-electron chi connectivity index (χ0n) is 10.8. The largest absolute Gasteiger partial charge is 0.376 e. The number of halogens is 4. The van der Waals surface area contributed by atoms with Crippen LogP contribution >= 0.6 is 39.3 Å². The van der Waals surface area contributed by atoms with Crippen LogP contribution in [0, 0.1) is 11.6 Å². The Bertz CT molecular complexity index is 696. The van der Waals surface area contributed by atoms with Crippen LogP contribution in [0.3, 0.4) is 0 Å². The van der Waals surface area contributed by atoms with E-state index in [2.05, 4.69) is 21.2 Å². The molecule has 1 atom stereocenters. The normalized spacial score (nSPS) is 17.4. The van der Waals surface area contributed by atoms with E-state index >= 15 is 0 Å². The first-order chi connectivity index (χ1) is 10.0. The molecule has 2 aromatic rings. The first-order valence-corrected chi connectivity index (χ1v) is 8.53. The topological polar surface area (TPSA) is 12.0 Å². The van der Waals surface area contributed by atoms with E-state index in [1.165, 1.54) is 6.07 Å². The molecule has 1 heterocycles. The summed E-state index contributed by atoms with van der Waals surface area (Å²) in [4.78, 5) is 1.14. The van der Waals surface area contributed by atoms with Crippen molar-refractivity contribution in [3.63, 3.8) is 0 Å². The molecule has 0 bridgehead atoms. The van der Waals surface area contributed by atoms with Crippen molar-refractivity contribution < 1.29 is 8.78 Å². The van der Waals surface area contributed by atoms with Crippen LogP contribution in [0.5, 0.6) is 0 Å². The van der Waals surface area contributed by atoms with Crippen molar-refractivity contribution in [2.24, 2.45) is 0 Å². The number of thioether (sulfide) groups is 1. The van der Waals surface area contributed by atoms with E-state index in [1.54, 1.807) is 11.8 Å². The van der Waals surface area contributed by atoms with Crippen molar-refractivity contribution in [2.45, 2.75) is 17.4 Å². The van der Waals surface area contributed by atoms with Crippen molar-refractivity contribution in [3.8, 4) is 0 Å². The monoisotopic (exact) mass is 389 g/mol. The van der Waals surface area contributed by atoms with E-state index in [0.717, 1.165) is 28.7 Å². The highest BCUT2D eigenvalue weighted by molar-refractivity contribution is 9.10. The Morgan fingerprint density at radius 3 is 2.81 bits per heavy atom. The van der Waals surface area contributed by atoms with Gasteiger partial charge in [-0.05, 0) is 52.2 Å². The van der Waals surface area contributed by atoms with Crippen molar-refractivity contribution >= 4 is 45.0 Å². The van der Waals surface area contributed by atoms with Crippen LogP contribution < -0.4 is 5.32 Å². The highest BCUT2D eigenvalue weighted by atomic mass is 79.9. The molecule has 0 aliphatic carbocycles. The molecule has 3 rings (SSSR count). The second-order valence-corrected chi connectivity index (χ2v) is 7.19. The maximum Gasteiger partial charge on any atom is 0.149 e. The second-order valence-electron chi connectivity index (χ2n) is 4.76. The van der Waals surface area contributed by atoms with Gasteiger partial charge in [0.2, 0.25) is 0 Å². The van der Waals surface area contributed by atoms with Crippen molar-refractivity contribution in [3.05, 3.63) is 57.0 Å². The lowest BCUT2D eigenvalue weighted by Gasteiger charge is -2.27. The minimum absolute atomic E-state index is 0.0354. The fourth-order valence-electron chi connectivity index (χ4n) is 2.34. The third-order valence-electron chi connectivity index (χ3n) is 3.35. The summed E-state index contributed by atoms with van der Waals surface area (Å²) in [5, 5.41) is 3.81. The Kier molecular flexibility index (Phi) is 4.43. The van der Waals surface area contributed by atoms with Gasteiger partial charge in [-0.2, -0.15) is 0 Å². The van der Waals surface area contributed by atoms with Gasteiger partial charge in [0.05, 0.1) is 16.2 Å². The third-order valence-corrected chi connectivity index (χ3v) is 5.32. The number of benzene rings is 2. The molecule has 2 aromatic carbocycles. The molecule has 6 heteroatoms. The van der Waals surface area contributed by atoms with Crippen LogP contribution in [-0.4, -0.2) is 5.75 Å².